The normalized spacial score (nSPS) is 13.9. The van der Waals surface area contributed by atoms with Gasteiger partial charge in [-0.3, -0.25) is 4.79 Å². The topological polar surface area (TPSA) is 41.1 Å². The van der Waals surface area contributed by atoms with Crippen LogP contribution in [0.4, 0.5) is 5.69 Å². The van der Waals surface area contributed by atoms with E-state index in [9.17, 15) is 4.79 Å². The second-order valence-corrected chi connectivity index (χ2v) is 5.71. The van der Waals surface area contributed by atoms with Crippen molar-refractivity contribution in [3.8, 4) is 0 Å². The van der Waals surface area contributed by atoms with Crippen molar-refractivity contribution in [2.45, 2.75) is 19.4 Å². The number of fused-ring (bicyclic) bond motifs is 1. The molecule has 0 bridgehead atoms. The molecule has 0 radical (unpaired) electrons. The Balaban J connectivity index is 1.74. The molecule has 1 aromatic carbocycles. The zero-order valence-corrected chi connectivity index (χ0v) is 11.4. The number of thiophene rings is 1. The van der Waals surface area contributed by atoms with Crippen LogP contribution in [0.1, 0.15) is 16.0 Å². The quantitative estimate of drug-likeness (QED) is 0.901. The van der Waals surface area contributed by atoms with E-state index < -0.39 is 0 Å². The standard InChI is InChI=1S/C15H16N2OS/c18-15(9-12-4-2-8-19-12)17-14-5-1-3-11-10-16-7-6-13(11)14/h1-5,8,16H,6-7,9-10H2,(H,17,18). The van der Waals surface area contributed by atoms with Crippen LogP contribution in [-0.2, 0) is 24.2 Å². The summed E-state index contributed by atoms with van der Waals surface area (Å²) in [6, 6.07) is 10.1. The van der Waals surface area contributed by atoms with Crippen LogP contribution in [0.5, 0.6) is 0 Å². The highest BCUT2D eigenvalue weighted by Crippen LogP contribution is 2.23. The lowest BCUT2D eigenvalue weighted by Gasteiger charge is -2.20. The van der Waals surface area contributed by atoms with E-state index in [-0.39, 0.29) is 5.91 Å². The molecule has 0 saturated heterocycles. The van der Waals surface area contributed by atoms with Crippen LogP contribution in [0.25, 0.3) is 0 Å². The molecule has 3 nitrogen and oxygen atoms in total. The fraction of sp³-hybridized carbons (Fsp3) is 0.267. The Labute approximate surface area is 116 Å². The lowest BCUT2D eigenvalue weighted by Crippen LogP contribution is -2.25. The van der Waals surface area contributed by atoms with Gasteiger partial charge in [0.05, 0.1) is 6.42 Å². The monoisotopic (exact) mass is 272 g/mol. The Morgan fingerprint density at radius 1 is 1.32 bits per heavy atom. The van der Waals surface area contributed by atoms with E-state index in [4.69, 9.17) is 0 Å². The second-order valence-electron chi connectivity index (χ2n) is 4.67. The minimum Gasteiger partial charge on any atom is -0.326 e. The first-order valence-electron chi connectivity index (χ1n) is 6.46. The lowest BCUT2D eigenvalue weighted by molar-refractivity contribution is -0.115. The number of nitrogens with one attached hydrogen (secondary N) is 2. The summed E-state index contributed by atoms with van der Waals surface area (Å²) in [7, 11) is 0. The van der Waals surface area contributed by atoms with Crippen LogP contribution in [0.2, 0.25) is 0 Å². The number of amides is 1. The summed E-state index contributed by atoms with van der Waals surface area (Å²) in [5.74, 6) is 0.0642. The number of rotatable bonds is 3. The van der Waals surface area contributed by atoms with E-state index in [1.54, 1.807) is 11.3 Å². The van der Waals surface area contributed by atoms with Crippen LogP contribution in [-0.4, -0.2) is 12.5 Å². The number of carbonyl (C=O) groups is 1. The largest absolute Gasteiger partial charge is 0.326 e. The smallest absolute Gasteiger partial charge is 0.229 e. The maximum absolute atomic E-state index is 12.0. The van der Waals surface area contributed by atoms with Crippen molar-refractivity contribution < 1.29 is 4.79 Å². The van der Waals surface area contributed by atoms with E-state index >= 15 is 0 Å². The molecule has 0 aliphatic carbocycles. The lowest BCUT2D eigenvalue weighted by atomic mass is 9.99. The average Bonchev–Trinajstić information content (AvgIpc) is 2.92. The molecule has 0 fully saturated rings. The molecule has 3 rings (SSSR count). The highest BCUT2D eigenvalue weighted by atomic mass is 32.1. The maximum atomic E-state index is 12.0. The Hall–Kier alpha value is -1.65. The summed E-state index contributed by atoms with van der Waals surface area (Å²) in [6.07, 6.45) is 1.43. The number of hydrogen-bond donors (Lipinski definition) is 2. The van der Waals surface area contributed by atoms with Crippen LogP contribution < -0.4 is 10.6 Å². The molecule has 0 atom stereocenters. The van der Waals surface area contributed by atoms with Crippen molar-refractivity contribution in [1.29, 1.82) is 0 Å². The van der Waals surface area contributed by atoms with Gasteiger partial charge in [-0.05, 0) is 41.6 Å². The average molecular weight is 272 g/mol. The summed E-state index contributed by atoms with van der Waals surface area (Å²) in [5.41, 5.74) is 3.54. The molecule has 2 heterocycles. The highest BCUT2D eigenvalue weighted by Gasteiger charge is 2.14. The number of carbonyl (C=O) groups excluding carboxylic acids is 1. The number of hydrogen-bond acceptors (Lipinski definition) is 3. The van der Waals surface area contributed by atoms with Crippen molar-refractivity contribution >= 4 is 22.9 Å². The summed E-state index contributed by atoms with van der Waals surface area (Å²) in [6.45, 7) is 1.87. The van der Waals surface area contributed by atoms with Gasteiger partial charge in [0.25, 0.3) is 0 Å². The van der Waals surface area contributed by atoms with Crippen LogP contribution in [0.15, 0.2) is 35.7 Å². The van der Waals surface area contributed by atoms with Gasteiger partial charge in [-0.1, -0.05) is 18.2 Å². The fourth-order valence-corrected chi connectivity index (χ4v) is 3.12. The van der Waals surface area contributed by atoms with E-state index in [1.165, 1.54) is 11.1 Å². The minimum absolute atomic E-state index is 0.0642. The molecule has 1 amide bonds. The Bertz CT molecular complexity index is 578. The third kappa shape index (κ3) is 2.85. The van der Waals surface area contributed by atoms with Crippen molar-refractivity contribution in [3.63, 3.8) is 0 Å². The van der Waals surface area contributed by atoms with Crippen molar-refractivity contribution in [1.82, 2.24) is 5.32 Å². The molecule has 0 saturated carbocycles. The van der Waals surface area contributed by atoms with Crippen molar-refractivity contribution in [2.24, 2.45) is 0 Å². The molecule has 4 heteroatoms. The van der Waals surface area contributed by atoms with Gasteiger partial charge in [-0.25, -0.2) is 0 Å². The third-order valence-electron chi connectivity index (χ3n) is 3.33. The predicted octanol–water partition coefficient (Wildman–Crippen LogP) is 2.58. The fourth-order valence-electron chi connectivity index (χ4n) is 2.41. The molecule has 1 aliphatic rings. The van der Waals surface area contributed by atoms with Crippen LogP contribution in [0.3, 0.4) is 0 Å². The zero-order chi connectivity index (χ0) is 13.1. The zero-order valence-electron chi connectivity index (χ0n) is 10.6. The molecular weight excluding hydrogens is 256 g/mol. The predicted molar refractivity (Wildman–Crippen MR) is 78.5 cm³/mol. The third-order valence-corrected chi connectivity index (χ3v) is 4.21. The molecule has 2 aromatic rings. The minimum atomic E-state index is 0.0642. The molecular formula is C15H16N2OS. The molecule has 0 spiro atoms. The molecule has 98 valence electrons. The maximum Gasteiger partial charge on any atom is 0.229 e. The van der Waals surface area contributed by atoms with Crippen LogP contribution >= 0.6 is 11.3 Å². The molecule has 2 N–H and O–H groups in total. The summed E-state index contributed by atoms with van der Waals surface area (Å²) < 4.78 is 0. The van der Waals surface area contributed by atoms with Crippen molar-refractivity contribution in [2.75, 3.05) is 11.9 Å². The molecule has 1 aliphatic heterocycles. The van der Waals surface area contributed by atoms with Gasteiger partial charge in [0.1, 0.15) is 0 Å². The second kappa shape index (κ2) is 5.55. The molecule has 1 aromatic heterocycles. The number of benzene rings is 1. The van der Waals surface area contributed by atoms with Gasteiger partial charge >= 0.3 is 0 Å². The first-order valence-corrected chi connectivity index (χ1v) is 7.34. The van der Waals surface area contributed by atoms with Gasteiger partial charge < -0.3 is 10.6 Å². The first-order chi connectivity index (χ1) is 9.33. The van der Waals surface area contributed by atoms with E-state index in [1.807, 2.05) is 29.6 Å². The van der Waals surface area contributed by atoms with E-state index in [0.29, 0.717) is 6.42 Å². The van der Waals surface area contributed by atoms with Gasteiger partial charge in [0, 0.05) is 17.1 Å². The van der Waals surface area contributed by atoms with Gasteiger partial charge in [0.2, 0.25) is 5.91 Å². The van der Waals surface area contributed by atoms with Gasteiger partial charge in [-0.15, -0.1) is 11.3 Å². The Kier molecular flexibility index (Phi) is 3.62. The van der Waals surface area contributed by atoms with Crippen LogP contribution in [0, 0.1) is 0 Å². The molecule has 19 heavy (non-hydrogen) atoms. The first kappa shape index (κ1) is 12.4. The highest BCUT2D eigenvalue weighted by molar-refractivity contribution is 7.10. The SMILES string of the molecule is O=C(Cc1cccs1)Nc1cccc2c1CCNC2. The summed E-state index contributed by atoms with van der Waals surface area (Å²) in [4.78, 5) is 13.1. The molecule has 0 unspecified atom stereocenters. The number of anilines is 1. The van der Waals surface area contributed by atoms with Gasteiger partial charge in [0.15, 0.2) is 0 Å². The van der Waals surface area contributed by atoms with Gasteiger partial charge in [-0.2, -0.15) is 0 Å². The van der Waals surface area contributed by atoms with E-state index in [0.717, 1.165) is 30.1 Å². The summed E-state index contributed by atoms with van der Waals surface area (Å²) >= 11 is 1.62. The van der Waals surface area contributed by atoms with E-state index in [2.05, 4.69) is 16.7 Å². The summed E-state index contributed by atoms with van der Waals surface area (Å²) in [5, 5.41) is 8.39. The Morgan fingerprint density at radius 3 is 3.11 bits per heavy atom. The Morgan fingerprint density at radius 2 is 2.26 bits per heavy atom. The van der Waals surface area contributed by atoms with Crippen molar-refractivity contribution in [3.05, 3.63) is 51.7 Å².